The van der Waals surface area contributed by atoms with Crippen LogP contribution in [0.2, 0.25) is 0 Å². The Morgan fingerprint density at radius 2 is 1.47 bits per heavy atom. The van der Waals surface area contributed by atoms with Crippen LogP contribution in [0.4, 0.5) is 9.18 Å². The van der Waals surface area contributed by atoms with E-state index in [1.807, 2.05) is 60.7 Å². The van der Waals surface area contributed by atoms with Crippen LogP contribution >= 0.6 is 0 Å². The molecular weight excluding hydrogens is 732 g/mol. The number of hydrogen-bond acceptors (Lipinski definition) is 10. The summed E-state index contributed by atoms with van der Waals surface area (Å²) in [5, 5.41) is 2.47. The third kappa shape index (κ3) is 11.1. The summed E-state index contributed by atoms with van der Waals surface area (Å²) in [5.74, 6) is -1.45. The number of sulfonamides is 1. The second-order valence-electron chi connectivity index (χ2n) is 14.1. The average Bonchev–Trinajstić information content (AvgIpc) is 3.13. The van der Waals surface area contributed by atoms with Crippen molar-refractivity contribution in [1.29, 1.82) is 0 Å². The van der Waals surface area contributed by atoms with Crippen LogP contribution in [0.15, 0.2) is 114 Å². The van der Waals surface area contributed by atoms with E-state index in [0.717, 1.165) is 11.1 Å². The van der Waals surface area contributed by atoms with Crippen LogP contribution in [0.25, 0.3) is 0 Å². The molecule has 1 unspecified atom stereocenters. The van der Waals surface area contributed by atoms with Gasteiger partial charge in [-0.2, -0.15) is 4.31 Å². The maximum atomic E-state index is 13.9. The van der Waals surface area contributed by atoms with Crippen molar-refractivity contribution < 1.29 is 50.9 Å². The van der Waals surface area contributed by atoms with Crippen molar-refractivity contribution in [2.45, 2.75) is 63.6 Å². The third-order valence-electron chi connectivity index (χ3n) is 8.58. The molecule has 4 aromatic carbocycles. The first-order chi connectivity index (χ1) is 26.1. The number of carbonyl (C=O) groups is 3. The summed E-state index contributed by atoms with van der Waals surface area (Å²) in [6, 6.07) is 28.8. The average molecular weight is 777 g/mol. The fourth-order valence-corrected chi connectivity index (χ4v) is 7.23. The highest BCUT2D eigenvalue weighted by molar-refractivity contribution is 7.89. The minimum absolute atomic E-state index is 0.0202. The largest absolute Gasteiger partial charge is 0.480 e. The van der Waals surface area contributed by atoms with Crippen LogP contribution in [0, 0.1) is 11.2 Å². The highest BCUT2D eigenvalue weighted by Gasteiger charge is 2.52. The molecule has 0 saturated carbocycles. The molecule has 1 amide bonds. The minimum Gasteiger partial charge on any atom is -0.480 e. The molecule has 1 saturated heterocycles. The van der Waals surface area contributed by atoms with Gasteiger partial charge in [-0.05, 0) is 73.9 Å². The van der Waals surface area contributed by atoms with E-state index in [-0.39, 0.29) is 37.6 Å². The Morgan fingerprint density at radius 3 is 2.13 bits per heavy atom. The fourth-order valence-electron chi connectivity index (χ4n) is 5.63. The molecule has 55 heavy (non-hydrogen) atoms. The van der Waals surface area contributed by atoms with Gasteiger partial charge >= 0.3 is 18.0 Å². The lowest BCUT2D eigenvalue weighted by molar-refractivity contribution is -0.174. The van der Waals surface area contributed by atoms with Crippen LogP contribution in [-0.4, -0.2) is 69.4 Å². The van der Waals surface area contributed by atoms with Crippen LogP contribution in [0.1, 0.15) is 44.4 Å². The number of alkyl carbamates (subject to hydrolysis) is 1. The standard InChI is InChI=1S/C41H45FN2O10S/c1-29(52-38(46)40(2,3)4)53-39(47)43-36(37(45)51-23-22-50-26-30-12-7-5-8-13-30)25-31-14-11-17-35(24-31)55(48,49)44-27-41(28-44,32-15-9-6-10-16-32)54-34-20-18-33(42)19-21-34/h5-21,24,29,36H,22-23,25-28H2,1-4H3,(H,43,47)/t29-,36?/m0/s1. The lowest BCUT2D eigenvalue weighted by Gasteiger charge is -2.48. The molecule has 1 aliphatic rings. The first-order valence-electron chi connectivity index (χ1n) is 17.7. The molecule has 12 nitrogen and oxygen atoms in total. The summed E-state index contributed by atoms with van der Waals surface area (Å²) in [6.07, 6.45) is -2.49. The van der Waals surface area contributed by atoms with Gasteiger partial charge in [0.05, 0.1) is 36.6 Å². The van der Waals surface area contributed by atoms with Crippen molar-refractivity contribution in [3.05, 3.63) is 132 Å². The Labute approximate surface area is 320 Å². The summed E-state index contributed by atoms with van der Waals surface area (Å²) < 4.78 is 70.5. The SMILES string of the molecule is C[C@H](OC(=O)NC(Cc1cccc(S(=O)(=O)N2CC(Oc3ccc(F)cc3)(c3ccccc3)C2)c1)C(=O)OCCOCc1ccccc1)OC(=O)C(C)(C)C. The molecule has 0 aliphatic carbocycles. The number of nitrogens with zero attached hydrogens (tertiary/aromatic N) is 1. The molecule has 0 aromatic heterocycles. The zero-order valence-electron chi connectivity index (χ0n) is 31.1. The second-order valence-corrected chi connectivity index (χ2v) is 16.0. The molecule has 1 aliphatic heterocycles. The van der Waals surface area contributed by atoms with E-state index in [2.05, 4.69) is 5.32 Å². The molecule has 1 heterocycles. The van der Waals surface area contributed by atoms with E-state index < -0.39 is 57.2 Å². The van der Waals surface area contributed by atoms with E-state index in [0.29, 0.717) is 17.9 Å². The first-order valence-corrected chi connectivity index (χ1v) is 19.1. The molecule has 0 spiro atoms. The van der Waals surface area contributed by atoms with Gasteiger partial charge in [0.2, 0.25) is 16.3 Å². The number of esters is 2. The highest BCUT2D eigenvalue weighted by atomic mass is 32.2. The van der Waals surface area contributed by atoms with Gasteiger partial charge in [-0.25, -0.2) is 22.4 Å². The topological polar surface area (TPSA) is 147 Å². The van der Waals surface area contributed by atoms with E-state index in [1.54, 1.807) is 26.8 Å². The van der Waals surface area contributed by atoms with E-state index in [1.165, 1.54) is 53.7 Å². The minimum atomic E-state index is -4.06. The van der Waals surface area contributed by atoms with Crippen molar-refractivity contribution in [2.24, 2.45) is 5.41 Å². The number of benzene rings is 4. The number of nitrogens with one attached hydrogen (secondary N) is 1. The van der Waals surface area contributed by atoms with Crippen molar-refractivity contribution in [3.8, 4) is 5.75 Å². The van der Waals surface area contributed by atoms with Gasteiger partial charge in [0.25, 0.3) is 0 Å². The number of ether oxygens (including phenoxy) is 5. The summed E-state index contributed by atoms with van der Waals surface area (Å²) in [5.41, 5.74) is 0.228. The van der Waals surface area contributed by atoms with E-state index >= 15 is 0 Å². The number of carbonyl (C=O) groups excluding carboxylic acids is 3. The third-order valence-corrected chi connectivity index (χ3v) is 10.4. The maximum absolute atomic E-state index is 13.9. The van der Waals surface area contributed by atoms with E-state index in [9.17, 15) is 27.2 Å². The Morgan fingerprint density at radius 1 is 0.836 bits per heavy atom. The molecule has 4 aromatic rings. The van der Waals surface area contributed by atoms with Crippen molar-refractivity contribution in [3.63, 3.8) is 0 Å². The Balaban J connectivity index is 1.28. The number of halogens is 1. The predicted molar refractivity (Wildman–Crippen MR) is 200 cm³/mol. The monoisotopic (exact) mass is 776 g/mol. The summed E-state index contributed by atoms with van der Waals surface area (Å²) in [6.45, 7) is 6.53. The second kappa shape index (κ2) is 17.9. The summed E-state index contributed by atoms with van der Waals surface area (Å²) in [7, 11) is -4.06. The van der Waals surface area contributed by atoms with Crippen LogP contribution < -0.4 is 10.1 Å². The number of amides is 1. The smallest absolute Gasteiger partial charge is 0.410 e. The quantitative estimate of drug-likeness (QED) is 0.0801. The molecule has 0 bridgehead atoms. The lowest BCUT2D eigenvalue weighted by atomic mass is 9.87. The van der Waals surface area contributed by atoms with Gasteiger partial charge in [0.15, 0.2) is 5.60 Å². The molecule has 1 fully saturated rings. The van der Waals surface area contributed by atoms with Gasteiger partial charge in [0.1, 0.15) is 24.2 Å². The fraction of sp³-hybridized carbons (Fsp3) is 0.341. The highest BCUT2D eigenvalue weighted by Crippen LogP contribution is 2.40. The normalized spacial score (nSPS) is 15.1. The predicted octanol–water partition coefficient (Wildman–Crippen LogP) is 6.14. The van der Waals surface area contributed by atoms with Crippen molar-refractivity contribution in [2.75, 3.05) is 26.3 Å². The summed E-state index contributed by atoms with van der Waals surface area (Å²) in [4.78, 5) is 38.5. The molecule has 0 radical (unpaired) electrons. The molecule has 1 N–H and O–H groups in total. The van der Waals surface area contributed by atoms with Crippen molar-refractivity contribution in [1.82, 2.24) is 9.62 Å². The summed E-state index contributed by atoms with van der Waals surface area (Å²) >= 11 is 0. The zero-order chi connectivity index (χ0) is 39.6. The Hall–Kier alpha value is -5.31. The van der Waals surface area contributed by atoms with Crippen LogP contribution in [0.3, 0.4) is 0 Å². The van der Waals surface area contributed by atoms with Gasteiger partial charge in [-0.3, -0.25) is 4.79 Å². The van der Waals surface area contributed by atoms with Gasteiger partial charge in [-0.15, -0.1) is 0 Å². The van der Waals surface area contributed by atoms with Crippen LogP contribution in [0.5, 0.6) is 5.75 Å². The Kier molecular flexibility index (Phi) is 13.3. The molecule has 5 rings (SSSR count). The lowest BCUT2D eigenvalue weighted by Crippen LogP contribution is -2.64. The molecule has 14 heteroatoms. The maximum Gasteiger partial charge on any atom is 0.410 e. The van der Waals surface area contributed by atoms with Gasteiger partial charge in [0, 0.05) is 13.3 Å². The van der Waals surface area contributed by atoms with Gasteiger partial charge < -0.3 is 29.0 Å². The molecule has 292 valence electrons. The zero-order valence-corrected chi connectivity index (χ0v) is 31.9. The molecular formula is C41H45FN2O10S. The Bertz CT molecular complexity index is 2020. The van der Waals surface area contributed by atoms with E-state index in [4.69, 9.17) is 23.7 Å². The number of rotatable bonds is 16. The number of hydrogen-bond donors (Lipinski definition) is 1. The first kappa shape index (κ1) is 40.9. The van der Waals surface area contributed by atoms with Crippen molar-refractivity contribution >= 4 is 28.1 Å². The van der Waals surface area contributed by atoms with Crippen LogP contribution in [-0.2, 0) is 57.2 Å². The molecule has 2 atom stereocenters. The van der Waals surface area contributed by atoms with Gasteiger partial charge in [-0.1, -0.05) is 72.8 Å².